The summed E-state index contributed by atoms with van der Waals surface area (Å²) in [6, 6.07) is 11.1. The summed E-state index contributed by atoms with van der Waals surface area (Å²) < 4.78 is 5.25. The van der Waals surface area contributed by atoms with Gasteiger partial charge in [0.15, 0.2) is 0 Å². The third-order valence-corrected chi connectivity index (χ3v) is 8.80. The molecule has 13 nitrogen and oxygen atoms in total. The van der Waals surface area contributed by atoms with Crippen LogP contribution < -0.4 is 26.0 Å². The van der Waals surface area contributed by atoms with Gasteiger partial charge in [0.05, 0.1) is 19.0 Å². The molecule has 2 aliphatic heterocycles. The van der Waals surface area contributed by atoms with Crippen LogP contribution in [0.3, 0.4) is 0 Å². The molecule has 1 aromatic heterocycles. The van der Waals surface area contributed by atoms with Gasteiger partial charge in [0.25, 0.3) is 11.8 Å². The maximum atomic E-state index is 13.8. The van der Waals surface area contributed by atoms with Gasteiger partial charge < -0.3 is 30.9 Å². The zero-order valence-electron chi connectivity index (χ0n) is 29.3. The fourth-order valence-electron chi connectivity index (χ4n) is 5.47. The summed E-state index contributed by atoms with van der Waals surface area (Å²) in [5.41, 5.74) is 2.81. The Labute approximate surface area is 293 Å². The van der Waals surface area contributed by atoms with Crippen molar-refractivity contribution >= 4 is 29.5 Å². The second kappa shape index (κ2) is 17.9. The number of nitrogens with one attached hydrogen (secondary N) is 4. The Balaban J connectivity index is 1.61. The maximum absolute atomic E-state index is 13.8. The average Bonchev–Trinajstić information content (AvgIpc) is 3.12. The minimum Gasteiger partial charge on any atom is -0.497 e. The van der Waals surface area contributed by atoms with E-state index in [9.17, 15) is 24.0 Å². The molecule has 0 saturated carbocycles. The van der Waals surface area contributed by atoms with Crippen molar-refractivity contribution in [3.63, 3.8) is 0 Å². The molecule has 0 spiro atoms. The lowest BCUT2D eigenvalue weighted by Crippen LogP contribution is -2.58. The fraction of sp³-hybridized carbons (Fsp3) is 0.432. The van der Waals surface area contributed by atoms with E-state index in [0.29, 0.717) is 49.4 Å². The quantitative estimate of drug-likeness (QED) is 0.287. The molecular formula is C37H47N7O6. The lowest BCUT2D eigenvalue weighted by molar-refractivity contribution is -0.132. The number of carbonyl (C=O) groups is 5. The van der Waals surface area contributed by atoms with Gasteiger partial charge in [-0.2, -0.15) is 0 Å². The standard InChI is InChI=1S/C37H47N7O6/c1-6-23(2)32-36(48)42-30(19-26-11-15-29(50-5)16-12-26)35(47)41-25(4)33(45)38-17-7-8-18-44(37(49)31-21-39-24(3)20-40-31)22-27-9-13-28(14-10-27)34(46)43-32/h9-16,20-21,23,25,30,32H,6-8,17-19,22H2,1-5H3,(H,38,45)(H,41,47)(H,42,48)(H,43,46)/t23-,25+,30-,32?/m0/s1. The Bertz CT molecular complexity index is 1630. The molecule has 2 aromatic carbocycles. The molecule has 266 valence electrons. The molecule has 0 fully saturated rings. The first-order valence-electron chi connectivity index (χ1n) is 17.0. The molecule has 5 rings (SSSR count). The number of benzene rings is 2. The number of hydrogen-bond acceptors (Lipinski definition) is 8. The van der Waals surface area contributed by atoms with Gasteiger partial charge in [-0.3, -0.25) is 29.0 Å². The molecule has 0 aliphatic carbocycles. The number of amides is 5. The van der Waals surface area contributed by atoms with Gasteiger partial charge in [0.2, 0.25) is 17.7 Å². The first-order valence-corrected chi connectivity index (χ1v) is 17.0. The minimum atomic E-state index is -1.04. The molecule has 4 N–H and O–H groups in total. The summed E-state index contributed by atoms with van der Waals surface area (Å²) in [6.07, 6.45) is 4.87. The number of fused-ring (bicyclic) bond motifs is 18. The van der Waals surface area contributed by atoms with Gasteiger partial charge in [-0.05, 0) is 68.0 Å². The van der Waals surface area contributed by atoms with Crippen LogP contribution in [-0.2, 0) is 27.3 Å². The zero-order chi connectivity index (χ0) is 36.2. The minimum absolute atomic E-state index is 0.141. The van der Waals surface area contributed by atoms with E-state index >= 15 is 0 Å². The van der Waals surface area contributed by atoms with E-state index in [1.165, 1.54) is 6.20 Å². The number of ether oxygens (including phenoxy) is 1. The number of carbonyl (C=O) groups excluding carboxylic acids is 5. The van der Waals surface area contributed by atoms with Crippen LogP contribution in [-0.4, -0.2) is 82.7 Å². The molecule has 0 saturated heterocycles. The van der Waals surface area contributed by atoms with E-state index < -0.39 is 35.8 Å². The number of aromatic nitrogens is 2. The largest absolute Gasteiger partial charge is 0.497 e. The number of rotatable bonds is 6. The molecule has 4 atom stereocenters. The van der Waals surface area contributed by atoms with E-state index in [2.05, 4.69) is 31.2 Å². The number of nitrogens with zero attached hydrogens (tertiary/aromatic N) is 3. The van der Waals surface area contributed by atoms with Crippen molar-refractivity contribution in [3.8, 4) is 5.75 Å². The Hall–Kier alpha value is -5.33. The number of hydrogen-bond donors (Lipinski definition) is 4. The smallest absolute Gasteiger partial charge is 0.274 e. The highest BCUT2D eigenvalue weighted by Gasteiger charge is 2.31. The highest BCUT2D eigenvalue weighted by Crippen LogP contribution is 2.16. The first-order chi connectivity index (χ1) is 24.0. The zero-order valence-corrected chi connectivity index (χ0v) is 29.3. The van der Waals surface area contributed by atoms with Gasteiger partial charge in [-0.1, -0.05) is 44.5 Å². The predicted molar refractivity (Wildman–Crippen MR) is 187 cm³/mol. The second-order valence-corrected chi connectivity index (χ2v) is 12.6. The monoisotopic (exact) mass is 685 g/mol. The fourth-order valence-corrected chi connectivity index (χ4v) is 5.47. The maximum Gasteiger partial charge on any atom is 0.274 e. The van der Waals surface area contributed by atoms with Crippen LogP contribution in [0.15, 0.2) is 60.9 Å². The summed E-state index contributed by atoms with van der Waals surface area (Å²) in [5.74, 6) is -1.80. The van der Waals surface area contributed by atoms with Gasteiger partial charge in [0, 0.05) is 37.8 Å². The average molecular weight is 686 g/mol. The van der Waals surface area contributed by atoms with Crippen molar-refractivity contribution in [1.29, 1.82) is 0 Å². The lowest BCUT2D eigenvalue weighted by Gasteiger charge is -2.27. The van der Waals surface area contributed by atoms with Crippen LogP contribution in [0.25, 0.3) is 0 Å². The Kier molecular flexibility index (Phi) is 13.4. The molecular weight excluding hydrogens is 638 g/mol. The van der Waals surface area contributed by atoms with Crippen molar-refractivity contribution in [3.05, 3.63) is 89.0 Å². The topological polar surface area (TPSA) is 172 Å². The first kappa shape index (κ1) is 37.5. The molecule has 2 bridgehead atoms. The molecule has 3 aromatic rings. The molecule has 2 aliphatic rings. The van der Waals surface area contributed by atoms with Gasteiger partial charge >= 0.3 is 0 Å². The van der Waals surface area contributed by atoms with Crippen molar-refractivity contribution in [2.24, 2.45) is 5.92 Å². The van der Waals surface area contributed by atoms with Crippen molar-refractivity contribution < 1.29 is 28.7 Å². The van der Waals surface area contributed by atoms with Gasteiger partial charge in [-0.25, -0.2) is 4.98 Å². The summed E-state index contributed by atoms with van der Waals surface area (Å²) >= 11 is 0. The molecule has 3 heterocycles. The summed E-state index contributed by atoms with van der Waals surface area (Å²) in [4.78, 5) is 77.5. The van der Waals surface area contributed by atoms with Crippen LogP contribution >= 0.6 is 0 Å². The molecule has 1 unspecified atom stereocenters. The normalized spacial score (nSPS) is 20.4. The van der Waals surface area contributed by atoms with Crippen molar-refractivity contribution in [1.82, 2.24) is 36.1 Å². The van der Waals surface area contributed by atoms with Gasteiger partial charge in [0.1, 0.15) is 29.6 Å². The number of methoxy groups -OCH3 is 1. The van der Waals surface area contributed by atoms with Crippen molar-refractivity contribution in [2.75, 3.05) is 20.2 Å². The Morgan fingerprint density at radius 2 is 1.64 bits per heavy atom. The molecule has 0 radical (unpaired) electrons. The van der Waals surface area contributed by atoms with Crippen LogP contribution in [0.1, 0.15) is 77.7 Å². The van der Waals surface area contributed by atoms with E-state index in [0.717, 1.165) is 11.1 Å². The predicted octanol–water partition coefficient (Wildman–Crippen LogP) is 2.72. The van der Waals surface area contributed by atoms with E-state index in [4.69, 9.17) is 4.74 Å². The summed E-state index contributed by atoms with van der Waals surface area (Å²) in [7, 11) is 1.56. The highest BCUT2D eigenvalue weighted by atomic mass is 16.5. The van der Waals surface area contributed by atoms with Crippen LogP contribution in [0.2, 0.25) is 0 Å². The molecule has 5 amide bonds. The van der Waals surface area contributed by atoms with E-state index in [1.807, 2.05) is 13.8 Å². The van der Waals surface area contributed by atoms with Crippen molar-refractivity contribution in [2.45, 2.75) is 78.0 Å². The van der Waals surface area contributed by atoms with Crippen LogP contribution in [0.5, 0.6) is 5.75 Å². The van der Waals surface area contributed by atoms with Gasteiger partial charge in [-0.15, -0.1) is 0 Å². The second-order valence-electron chi connectivity index (χ2n) is 12.6. The lowest BCUT2D eigenvalue weighted by atomic mass is 9.96. The van der Waals surface area contributed by atoms with Crippen LogP contribution in [0.4, 0.5) is 0 Å². The van der Waals surface area contributed by atoms with E-state index in [1.54, 1.807) is 80.6 Å². The summed E-state index contributed by atoms with van der Waals surface area (Å²) in [5, 5.41) is 11.3. The SMILES string of the molecule is CC[C@H](C)C1NC(=O)c2ccc(cc2)CN(C(=O)c2cnc(C)cn2)CCCCNC(=O)[C@@H](C)NC(=O)[C@H](Cc2ccc(OC)cc2)NC1=O. The third kappa shape index (κ3) is 10.3. The Morgan fingerprint density at radius 3 is 2.28 bits per heavy atom. The Morgan fingerprint density at radius 1 is 0.920 bits per heavy atom. The number of aryl methyl sites for hydroxylation is 1. The van der Waals surface area contributed by atoms with Crippen LogP contribution in [0, 0.1) is 12.8 Å². The molecule has 13 heteroatoms. The highest BCUT2D eigenvalue weighted by molar-refractivity contribution is 5.99. The molecule has 50 heavy (non-hydrogen) atoms. The summed E-state index contributed by atoms with van der Waals surface area (Å²) in [6.45, 7) is 8.11. The third-order valence-electron chi connectivity index (χ3n) is 8.80. The van der Waals surface area contributed by atoms with E-state index in [-0.39, 0.29) is 36.4 Å².